The molecule has 0 aromatic rings. The van der Waals surface area contributed by atoms with Gasteiger partial charge in [-0.25, -0.2) is 8.42 Å². The van der Waals surface area contributed by atoms with Crippen molar-refractivity contribution in [3.05, 3.63) is 0 Å². The Hall–Kier alpha value is -1.62. The van der Waals surface area contributed by atoms with Crippen molar-refractivity contribution >= 4 is 21.7 Å². The zero-order chi connectivity index (χ0) is 13.5. The minimum Gasteiger partial charge on any atom is -0.353 e. The van der Waals surface area contributed by atoms with Crippen LogP contribution in [-0.2, 0) is 19.4 Å². The van der Waals surface area contributed by atoms with Gasteiger partial charge in [-0.15, -0.1) is 0 Å². The van der Waals surface area contributed by atoms with Crippen LogP contribution in [0.3, 0.4) is 0 Å². The number of carbonyl (C=O) groups is 2. The van der Waals surface area contributed by atoms with Gasteiger partial charge in [0.25, 0.3) is 0 Å². The molecule has 0 aliphatic carbocycles. The molecule has 0 aromatic heterocycles. The average Bonchev–Trinajstić information content (AvgIpc) is 2.14. The third kappa shape index (κ3) is 8.21. The first-order valence-corrected chi connectivity index (χ1v) is 6.92. The lowest BCUT2D eigenvalue weighted by Crippen LogP contribution is -2.49. The van der Waals surface area contributed by atoms with E-state index in [1.165, 1.54) is 6.92 Å². The standard InChI is InChI=1S/C9H15N3O4S/c1-7(13)12-8(6-17(2,15)16)9(14)11-5-3-4-10/h8H,3,5-6H2,1-2H3,(H,11,14)(H,12,13). The van der Waals surface area contributed by atoms with Crippen LogP contribution >= 0.6 is 0 Å². The Labute approximate surface area is 100 Å². The number of hydrogen-bond acceptors (Lipinski definition) is 5. The highest BCUT2D eigenvalue weighted by atomic mass is 32.2. The Morgan fingerprint density at radius 3 is 2.41 bits per heavy atom. The first-order chi connectivity index (χ1) is 7.76. The summed E-state index contributed by atoms with van der Waals surface area (Å²) >= 11 is 0. The lowest BCUT2D eigenvalue weighted by atomic mass is 10.3. The number of sulfone groups is 1. The molecule has 96 valence electrons. The van der Waals surface area contributed by atoms with Crippen LogP contribution in [0.25, 0.3) is 0 Å². The first-order valence-electron chi connectivity index (χ1n) is 4.85. The second kappa shape index (κ2) is 6.85. The predicted molar refractivity (Wildman–Crippen MR) is 60.6 cm³/mol. The molecule has 1 unspecified atom stereocenters. The molecule has 0 heterocycles. The Balaban J connectivity index is 4.52. The summed E-state index contributed by atoms with van der Waals surface area (Å²) in [5.74, 6) is -1.57. The van der Waals surface area contributed by atoms with Crippen LogP contribution in [0.1, 0.15) is 13.3 Å². The van der Waals surface area contributed by atoms with Gasteiger partial charge in [-0.05, 0) is 0 Å². The normalized spacial score (nSPS) is 12.3. The highest BCUT2D eigenvalue weighted by Gasteiger charge is 2.23. The van der Waals surface area contributed by atoms with E-state index in [2.05, 4.69) is 10.6 Å². The van der Waals surface area contributed by atoms with E-state index in [1.807, 2.05) is 6.07 Å². The molecule has 0 aliphatic heterocycles. The number of nitriles is 1. The molecular weight excluding hydrogens is 246 g/mol. The van der Waals surface area contributed by atoms with Crippen molar-refractivity contribution in [2.75, 3.05) is 18.6 Å². The third-order valence-corrected chi connectivity index (χ3v) is 2.64. The molecule has 8 heteroatoms. The van der Waals surface area contributed by atoms with Crippen molar-refractivity contribution in [3.8, 4) is 6.07 Å². The topological polar surface area (TPSA) is 116 Å². The molecule has 1 atom stereocenters. The van der Waals surface area contributed by atoms with Gasteiger partial charge in [-0.2, -0.15) is 5.26 Å². The van der Waals surface area contributed by atoms with E-state index >= 15 is 0 Å². The zero-order valence-electron chi connectivity index (χ0n) is 9.69. The summed E-state index contributed by atoms with van der Waals surface area (Å²) in [5.41, 5.74) is 0. The van der Waals surface area contributed by atoms with Crippen molar-refractivity contribution in [1.29, 1.82) is 5.26 Å². The van der Waals surface area contributed by atoms with Gasteiger partial charge in [0.2, 0.25) is 11.8 Å². The Morgan fingerprint density at radius 2 is 2.00 bits per heavy atom. The largest absolute Gasteiger partial charge is 0.353 e. The number of hydrogen-bond donors (Lipinski definition) is 2. The van der Waals surface area contributed by atoms with Crippen molar-refractivity contribution in [2.24, 2.45) is 0 Å². The fourth-order valence-electron chi connectivity index (χ4n) is 1.10. The minimum absolute atomic E-state index is 0.120. The number of nitrogens with zero attached hydrogens (tertiary/aromatic N) is 1. The molecule has 0 saturated heterocycles. The van der Waals surface area contributed by atoms with Crippen LogP contribution in [0.2, 0.25) is 0 Å². The third-order valence-electron chi connectivity index (χ3n) is 1.70. The van der Waals surface area contributed by atoms with E-state index in [4.69, 9.17) is 5.26 Å². The molecule has 17 heavy (non-hydrogen) atoms. The molecule has 0 aliphatic rings. The molecule has 0 saturated carbocycles. The zero-order valence-corrected chi connectivity index (χ0v) is 10.5. The molecule has 0 radical (unpaired) electrons. The predicted octanol–water partition coefficient (Wildman–Crippen LogP) is -1.43. The van der Waals surface area contributed by atoms with Gasteiger partial charge in [-0.1, -0.05) is 0 Å². The van der Waals surface area contributed by atoms with Crippen LogP contribution in [0, 0.1) is 11.3 Å². The van der Waals surface area contributed by atoms with Crippen LogP contribution in [0.4, 0.5) is 0 Å². The van der Waals surface area contributed by atoms with Gasteiger partial charge in [0.1, 0.15) is 15.9 Å². The summed E-state index contributed by atoms with van der Waals surface area (Å²) in [4.78, 5) is 22.4. The maximum Gasteiger partial charge on any atom is 0.243 e. The minimum atomic E-state index is -3.39. The fourth-order valence-corrected chi connectivity index (χ4v) is 1.94. The molecule has 0 rings (SSSR count). The van der Waals surface area contributed by atoms with Crippen molar-refractivity contribution in [2.45, 2.75) is 19.4 Å². The first kappa shape index (κ1) is 15.4. The monoisotopic (exact) mass is 261 g/mol. The fraction of sp³-hybridized carbons (Fsp3) is 0.667. The summed E-state index contributed by atoms with van der Waals surface area (Å²) in [6.07, 6.45) is 1.10. The van der Waals surface area contributed by atoms with Crippen LogP contribution in [-0.4, -0.2) is 44.8 Å². The highest BCUT2D eigenvalue weighted by Crippen LogP contribution is 1.93. The summed E-state index contributed by atoms with van der Waals surface area (Å²) in [6, 6.07) is 0.707. The van der Waals surface area contributed by atoms with E-state index in [0.717, 1.165) is 6.26 Å². The maximum atomic E-state index is 11.5. The van der Waals surface area contributed by atoms with Crippen LogP contribution in [0.5, 0.6) is 0 Å². The maximum absolute atomic E-state index is 11.5. The summed E-state index contributed by atoms with van der Waals surface area (Å²) in [6.45, 7) is 1.31. The van der Waals surface area contributed by atoms with Crippen LogP contribution < -0.4 is 10.6 Å². The lowest BCUT2D eigenvalue weighted by molar-refractivity contribution is -0.127. The van der Waals surface area contributed by atoms with E-state index in [9.17, 15) is 18.0 Å². The molecule has 7 nitrogen and oxygen atoms in total. The lowest BCUT2D eigenvalue weighted by Gasteiger charge is -2.16. The Bertz CT molecular complexity index is 424. The number of nitrogens with one attached hydrogen (secondary N) is 2. The quantitative estimate of drug-likeness (QED) is 0.568. The van der Waals surface area contributed by atoms with E-state index < -0.39 is 33.4 Å². The molecule has 0 spiro atoms. The molecule has 0 aromatic carbocycles. The summed E-state index contributed by atoms with van der Waals surface area (Å²) < 4.78 is 22.1. The van der Waals surface area contributed by atoms with Crippen molar-refractivity contribution < 1.29 is 18.0 Å². The number of rotatable bonds is 6. The highest BCUT2D eigenvalue weighted by molar-refractivity contribution is 7.90. The van der Waals surface area contributed by atoms with Gasteiger partial charge < -0.3 is 10.6 Å². The molecular formula is C9H15N3O4S. The SMILES string of the molecule is CC(=O)NC(CS(C)(=O)=O)C(=O)NCCC#N. The Kier molecular flexibility index (Phi) is 6.20. The van der Waals surface area contributed by atoms with Gasteiger partial charge >= 0.3 is 0 Å². The smallest absolute Gasteiger partial charge is 0.243 e. The van der Waals surface area contributed by atoms with Gasteiger partial charge in [0, 0.05) is 19.7 Å². The number of carbonyl (C=O) groups excluding carboxylic acids is 2. The molecule has 2 N–H and O–H groups in total. The number of amides is 2. The van der Waals surface area contributed by atoms with E-state index in [1.54, 1.807) is 0 Å². The molecule has 0 fully saturated rings. The molecule has 0 bridgehead atoms. The molecule has 2 amide bonds. The summed E-state index contributed by atoms with van der Waals surface area (Å²) in [5, 5.41) is 12.9. The second-order valence-electron chi connectivity index (χ2n) is 3.54. The van der Waals surface area contributed by atoms with E-state index in [-0.39, 0.29) is 13.0 Å². The van der Waals surface area contributed by atoms with Gasteiger partial charge in [-0.3, -0.25) is 9.59 Å². The van der Waals surface area contributed by atoms with Gasteiger partial charge in [0.15, 0.2) is 0 Å². The van der Waals surface area contributed by atoms with Gasteiger partial charge in [0.05, 0.1) is 18.2 Å². The van der Waals surface area contributed by atoms with Crippen LogP contribution in [0.15, 0.2) is 0 Å². The van der Waals surface area contributed by atoms with Crippen molar-refractivity contribution in [3.63, 3.8) is 0 Å². The van der Waals surface area contributed by atoms with E-state index in [0.29, 0.717) is 0 Å². The Morgan fingerprint density at radius 1 is 1.41 bits per heavy atom. The van der Waals surface area contributed by atoms with Crippen molar-refractivity contribution in [1.82, 2.24) is 10.6 Å². The average molecular weight is 261 g/mol. The summed E-state index contributed by atoms with van der Waals surface area (Å²) in [7, 11) is -3.39. The second-order valence-corrected chi connectivity index (χ2v) is 5.73.